The second-order valence-electron chi connectivity index (χ2n) is 5.80. The molecule has 2 amide bonds. The minimum absolute atomic E-state index is 0.201. The van der Waals surface area contributed by atoms with Gasteiger partial charge in [-0.1, -0.05) is 30.3 Å². The summed E-state index contributed by atoms with van der Waals surface area (Å²) in [5.74, 6) is 0. The first-order valence-corrected chi connectivity index (χ1v) is 7.90. The van der Waals surface area contributed by atoms with Crippen molar-refractivity contribution in [3.63, 3.8) is 0 Å². The van der Waals surface area contributed by atoms with E-state index < -0.39 is 0 Å². The third kappa shape index (κ3) is 4.23. The molecule has 0 spiro atoms. The first-order valence-electron chi connectivity index (χ1n) is 7.90. The molecule has 2 aromatic rings. The smallest absolute Gasteiger partial charge is 0.319 e. The second-order valence-corrected chi connectivity index (χ2v) is 5.80. The zero-order valence-electron chi connectivity index (χ0n) is 13.1. The molecule has 1 aliphatic heterocycles. The lowest BCUT2D eigenvalue weighted by Gasteiger charge is -2.28. The van der Waals surface area contributed by atoms with Crippen LogP contribution in [0.3, 0.4) is 0 Å². The van der Waals surface area contributed by atoms with Crippen LogP contribution in [0.15, 0.2) is 48.5 Å². The number of nitrogen functional groups attached to an aromatic ring is 1. The lowest BCUT2D eigenvalue weighted by Crippen LogP contribution is -2.39. The second kappa shape index (κ2) is 7.15. The fraction of sp³-hybridized carbons (Fsp3) is 0.278. The quantitative estimate of drug-likeness (QED) is 0.760. The Balaban J connectivity index is 1.42. The van der Waals surface area contributed by atoms with Crippen LogP contribution in [0.5, 0.6) is 0 Å². The molecule has 3 rings (SSSR count). The van der Waals surface area contributed by atoms with E-state index in [-0.39, 0.29) is 6.03 Å². The normalized spacial score (nSPS) is 14.1. The van der Waals surface area contributed by atoms with Crippen molar-refractivity contribution in [2.24, 2.45) is 0 Å². The molecule has 0 bridgehead atoms. The highest BCUT2D eigenvalue weighted by Gasteiger charge is 2.15. The van der Waals surface area contributed by atoms with Gasteiger partial charge in [0.15, 0.2) is 0 Å². The maximum absolute atomic E-state index is 11.9. The van der Waals surface area contributed by atoms with Gasteiger partial charge in [0.05, 0.1) is 0 Å². The van der Waals surface area contributed by atoms with Crippen LogP contribution in [0.25, 0.3) is 0 Å². The number of carbonyl (C=O) groups excluding carboxylic acids is 1. The number of anilines is 2. The van der Waals surface area contributed by atoms with Crippen LogP contribution < -0.4 is 16.4 Å². The van der Waals surface area contributed by atoms with Crippen LogP contribution in [-0.4, -0.2) is 30.6 Å². The van der Waals surface area contributed by atoms with E-state index in [4.69, 9.17) is 5.73 Å². The average molecular weight is 310 g/mol. The van der Waals surface area contributed by atoms with Crippen LogP contribution in [0.4, 0.5) is 16.2 Å². The molecule has 2 aromatic carbocycles. The molecule has 0 atom stereocenters. The highest BCUT2D eigenvalue weighted by Crippen LogP contribution is 2.17. The minimum Gasteiger partial charge on any atom is -0.399 e. The Bertz CT molecular complexity index is 686. The van der Waals surface area contributed by atoms with Crippen molar-refractivity contribution in [3.8, 4) is 0 Å². The number of amides is 2. The van der Waals surface area contributed by atoms with E-state index in [1.54, 1.807) is 12.1 Å². The molecule has 0 aromatic heterocycles. The van der Waals surface area contributed by atoms with Crippen molar-refractivity contribution in [1.82, 2.24) is 10.2 Å². The summed E-state index contributed by atoms with van der Waals surface area (Å²) in [5, 5.41) is 5.68. The van der Waals surface area contributed by atoms with Gasteiger partial charge in [0, 0.05) is 37.6 Å². The third-order valence-corrected chi connectivity index (χ3v) is 4.07. The molecular weight excluding hydrogens is 288 g/mol. The Kier molecular flexibility index (Phi) is 4.78. The molecule has 1 heterocycles. The van der Waals surface area contributed by atoms with Crippen molar-refractivity contribution in [3.05, 3.63) is 59.7 Å². The molecule has 1 aliphatic rings. The molecule has 0 aliphatic carbocycles. The zero-order chi connectivity index (χ0) is 16.1. The van der Waals surface area contributed by atoms with Crippen LogP contribution >= 0.6 is 0 Å². The van der Waals surface area contributed by atoms with Crippen molar-refractivity contribution in [1.29, 1.82) is 0 Å². The van der Waals surface area contributed by atoms with E-state index in [1.807, 2.05) is 12.1 Å². The number of fused-ring (bicyclic) bond motifs is 1. The van der Waals surface area contributed by atoms with Crippen LogP contribution in [0.2, 0.25) is 0 Å². The number of nitrogens with two attached hydrogens (primary N) is 1. The van der Waals surface area contributed by atoms with Gasteiger partial charge in [0.25, 0.3) is 0 Å². The topological polar surface area (TPSA) is 70.4 Å². The van der Waals surface area contributed by atoms with Gasteiger partial charge in [-0.15, -0.1) is 0 Å². The standard InChI is InChI=1S/C18H22N4O/c19-16-6-3-7-17(12-16)21-18(23)20-9-11-22-10-8-14-4-1-2-5-15(14)13-22/h1-7,12H,8-11,13,19H2,(H2,20,21,23). The van der Waals surface area contributed by atoms with Gasteiger partial charge in [-0.05, 0) is 35.7 Å². The summed E-state index contributed by atoms with van der Waals surface area (Å²) in [6.07, 6.45) is 1.08. The number of hydrogen-bond donors (Lipinski definition) is 3. The highest BCUT2D eigenvalue weighted by molar-refractivity contribution is 5.89. The summed E-state index contributed by atoms with van der Waals surface area (Å²) in [6, 6.07) is 15.5. The number of rotatable bonds is 4. The molecule has 0 fully saturated rings. The fourth-order valence-corrected chi connectivity index (χ4v) is 2.86. The van der Waals surface area contributed by atoms with E-state index in [0.717, 1.165) is 26.1 Å². The van der Waals surface area contributed by atoms with Crippen LogP contribution in [-0.2, 0) is 13.0 Å². The number of nitrogens with one attached hydrogen (secondary N) is 2. The lowest BCUT2D eigenvalue weighted by molar-refractivity contribution is 0.239. The summed E-state index contributed by atoms with van der Waals surface area (Å²) in [6.45, 7) is 3.46. The number of carbonyl (C=O) groups is 1. The number of hydrogen-bond acceptors (Lipinski definition) is 3. The van der Waals surface area contributed by atoms with Gasteiger partial charge in [0.1, 0.15) is 0 Å². The van der Waals surface area contributed by atoms with E-state index >= 15 is 0 Å². The average Bonchev–Trinajstić information content (AvgIpc) is 2.55. The SMILES string of the molecule is Nc1cccc(NC(=O)NCCN2CCc3ccccc3C2)c1. The summed E-state index contributed by atoms with van der Waals surface area (Å²) in [5.41, 5.74) is 9.86. The Hall–Kier alpha value is -2.53. The molecule has 5 heteroatoms. The molecule has 23 heavy (non-hydrogen) atoms. The molecule has 5 nitrogen and oxygen atoms in total. The summed E-state index contributed by atoms with van der Waals surface area (Å²) in [4.78, 5) is 14.2. The zero-order valence-corrected chi connectivity index (χ0v) is 13.1. The summed E-state index contributed by atoms with van der Waals surface area (Å²) < 4.78 is 0. The fourth-order valence-electron chi connectivity index (χ4n) is 2.86. The largest absolute Gasteiger partial charge is 0.399 e. The molecule has 0 saturated carbocycles. The molecule has 4 N–H and O–H groups in total. The predicted octanol–water partition coefficient (Wildman–Crippen LogP) is 2.45. The first kappa shape index (κ1) is 15.4. The van der Waals surface area contributed by atoms with Gasteiger partial charge < -0.3 is 16.4 Å². The van der Waals surface area contributed by atoms with Crippen LogP contribution in [0, 0.1) is 0 Å². The molecule has 0 saturated heterocycles. The van der Waals surface area contributed by atoms with Gasteiger partial charge >= 0.3 is 6.03 Å². The van der Waals surface area contributed by atoms with Crippen LogP contribution in [0.1, 0.15) is 11.1 Å². The maximum atomic E-state index is 11.9. The van der Waals surface area contributed by atoms with Crippen molar-refractivity contribution in [2.45, 2.75) is 13.0 Å². The Morgan fingerprint density at radius 1 is 1.13 bits per heavy atom. The molecule has 0 radical (unpaired) electrons. The Labute approximate surface area is 136 Å². The predicted molar refractivity (Wildman–Crippen MR) is 93.3 cm³/mol. The summed E-state index contributed by atoms with van der Waals surface area (Å²) >= 11 is 0. The molecule has 0 unspecified atom stereocenters. The van der Waals surface area contributed by atoms with E-state index in [2.05, 4.69) is 39.8 Å². The van der Waals surface area contributed by atoms with E-state index in [1.165, 1.54) is 11.1 Å². The van der Waals surface area contributed by atoms with Crippen molar-refractivity contribution in [2.75, 3.05) is 30.7 Å². The third-order valence-electron chi connectivity index (χ3n) is 4.07. The Morgan fingerprint density at radius 3 is 2.78 bits per heavy atom. The first-order chi connectivity index (χ1) is 11.2. The number of urea groups is 1. The van der Waals surface area contributed by atoms with Gasteiger partial charge in [-0.2, -0.15) is 0 Å². The van der Waals surface area contributed by atoms with Crippen molar-refractivity contribution >= 4 is 17.4 Å². The highest BCUT2D eigenvalue weighted by atomic mass is 16.2. The minimum atomic E-state index is -0.201. The maximum Gasteiger partial charge on any atom is 0.319 e. The monoisotopic (exact) mass is 310 g/mol. The van der Waals surface area contributed by atoms with E-state index in [0.29, 0.717) is 17.9 Å². The summed E-state index contributed by atoms with van der Waals surface area (Å²) in [7, 11) is 0. The number of benzene rings is 2. The molecule has 120 valence electrons. The van der Waals surface area contributed by atoms with Crippen molar-refractivity contribution < 1.29 is 4.79 Å². The van der Waals surface area contributed by atoms with E-state index in [9.17, 15) is 4.79 Å². The van der Waals surface area contributed by atoms with Gasteiger partial charge in [-0.3, -0.25) is 4.90 Å². The number of nitrogens with zero attached hydrogens (tertiary/aromatic N) is 1. The Morgan fingerprint density at radius 2 is 1.96 bits per heavy atom. The van der Waals surface area contributed by atoms with Gasteiger partial charge in [-0.25, -0.2) is 4.79 Å². The molecular formula is C18H22N4O. The van der Waals surface area contributed by atoms with Gasteiger partial charge in [0.2, 0.25) is 0 Å². The lowest BCUT2D eigenvalue weighted by atomic mass is 10.00.